The Morgan fingerprint density at radius 1 is 1.21 bits per heavy atom. The number of hydrogen-bond acceptors (Lipinski definition) is 5. The fourth-order valence-corrected chi connectivity index (χ4v) is 2.22. The van der Waals surface area contributed by atoms with Gasteiger partial charge in [-0.15, -0.1) is 0 Å². The third-order valence-electron chi connectivity index (χ3n) is 2.88. The Labute approximate surface area is 145 Å². The number of para-hydroxylation sites is 1. The molecule has 1 heterocycles. The van der Waals surface area contributed by atoms with Gasteiger partial charge in [0, 0.05) is 12.1 Å². The number of hydrogen-bond donors (Lipinski definition) is 3. The van der Waals surface area contributed by atoms with Crippen molar-refractivity contribution < 1.29 is 18.3 Å². The molecule has 10 heteroatoms. The SMILES string of the molecule is C[C@H](CO)Nc1nc(Nc2c(Cl)cccc2Cl)cc(C(F)(F)F)n1. The van der Waals surface area contributed by atoms with Gasteiger partial charge in [-0.25, -0.2) is 4.98 Å². The molecule has 0 fully saturated rings. The summed E-state index contributed by atoms with van der Waals surface area (Å²) in [4.78, 5) is 7.37. The first kappa shape index (κ1) is 18.6. The van der Waals surface area contributed by atoms with Gasteiger partial charge >= 0.3 is 6.18 Å². The maximum atomic E-state index is 13.0. The van der Waals surface area contributed by atoms with E-state index in [1.54, 1.807) is 13.0 Å². The predicted octanol–water partition coefficient (Wildman–Crippen LogP) is 4.34. The van der Waals surface area contributed by atoms with E-state index in [-0.39, 0.29) is 34.1 Å². The van der Waals surface area contributed by atoms with Crippen molar-refractivity contribution in [2.75, 3.05) is 17.2 Å². The molecule has 2 aromatic rings. The molecule has 24 heavy (non-hydrogen) atoms. The van der Waals surface area contributed by atoms with Gasteiger partial charge < -0.3 is 15.7 Å². The monoisotopic (exact) mass is 380 g/mol. The lowest BCUT2D eigenvalue weighted by Crippen LogP contribution is -2.22. The second-order valence-electron chi connectivity index (χ2n) is 4.91. The summed E-state index contributed by atoms with van der Waals surface area (Å²) in [5.74, 6) is -0.419. The number of rotatable bonds is 5. The summed E-state index contributed by atoms with van der Waals surface area (Å²) in [6.45, 7) is 1.28. The van der Waals surface area contributed by atoms with Crippen molar-refractivity contribution in [3.05, 3.63) is 40.0 Å². The van der Waals surface area contributed by atoms with Crippen LogP contribution in [0.3, 0.4) is 0 Å². The molecule has 130 valence electrons. The lowest BCUT2D eigenvalue weighted by molar-refractivity contribution is -0.141. The van der Waals surface area contributed by atoms with Crippen LogP contribution in [-0.2, 0) is 6.18 Å². The summed E-state index contributed by atoms with van der Waals surface area (Å²) >= 11 is 12.0. The van der Waals surface area contributed by atoms with E-state index < -0.39 is 17.9 Å². The minimum atomic E-state index is -4.66. The van der Waals surface area contributed by atoms with Crippen molar-refractivity contribution in [1.29, 1.82) is 0 Å². The molecule has 0 saturated heterocycles. The van der Waals surface area contributed by atoms with E-state index in [4.69, 9.17) is 28.3 Å². The van der Waals surface area contributed by atoms with Gasteiger partial charge in [-0.1, -0.05) is 29.3 Å². The molecule has 0 radical (unpaired) electrons. The number of aliphatic hydroxyl groups is 1. The molecule has 0 bridgehead atoms. The van der Waals surface area contributed by atoms with Crippen molar-refractivity contribution in [1.82, 2.24) is 9.97 Å². The number of nitrogens with one attached hydrogen (secondary N) is 2. The average Bonchev–Trinajstić information content (AvgIpc) is 2.50. The van der Waals surface area contributed by atoms with Crippen LogP contribution in [0.2, 0.25) is 10.0 Å². The highest BCUT2D eigenvalue weighted by molar-refractivity contribution is 6.39. The van der Waals surface area contributed by atoms with Gasteiger partial charge in [-0.3, -0.25) is 0 Å². The minimum absolute atomic E-state index is 0.139. The van der Waals surface area contributed by atoms with Gasteiger partial charge in [-0.05, 0) is 19.1 Å². The van der Waals surface area contributed by atoms with E-state index in [1.807, 2.05) is 0 Å². The van der Waals surface area contributed by atoms with Crippen molar-refractivity contribution >= 4 is 40.7 Å². The summed E-state index contributed by atoms with van der Waals surface area (Å²) in [6, 6.07) is 4.90. The third kappa shape index (κ3) is 4.62. The minimum Gasteiger partial charge on any atom is -0.394 e. The van der Waals surface area contributed by atoms with Crippen LogP contribution in [-0.4, -0.2) is 27.7 Å². The highest BCUT2D eigenvalue weighted by Gasteiger charge is 2.34. The molecule has 0 saturated carbocycles. The Hall–Kier alpha value is -1.77. The number of halogens is 5. The van der Waals surface area contributed by atoms with Gasteiger partial charge in [0.1, 0.15) is 5.82 Å². The summed E-state index contributed by atoms with van der Waals surface area (Å²) < 4.78 is 39.1. The summed E-state index contributed by atoms with van der Waals surface area (Å²) in [5.41, 5.74) is -0.912. The summed E-state index contributed by atoms with van der Waals surface area (Å²) in [5, 5.41) is 14.7. The first-order valence-electron chi connectivity index (χ1n) is 6.75. The zero-order valence-electron chi connectivity index (χ0n) is 12.3. The maximum absolute atomic E-state index is 13.0. The van der Waals surface area contributed by atoms with E-state index in [1.165, 1.54) is 12.1 Å². The topological polar surface area (TPSA) is 70.1 Å². The lowest BCUT2D eigenvalue weighted by Gasteiger charge is -2.16. The van der Waals surface area contributed by atoms with Crippen molar-refractivity contribution in [2.45, 2.75) is 19.1 Å². The lowest BCUT2D eigenvalue weighted by atomic mass is 10.3. The zero-order valence-corrected chi connectivity index (χ0v) is 13.8. The Balaban J connectivity index is 2.43. The smallest absolute Gasteiger partial charge is 0.394 e. The molecule has 0 unspecified atom stereocenters. The van der Waals surface area contributed by atoms with Crippen molar-refractivity contribution in [3.8, 4) is 0 Å². The van der Waals surface area contributed by atoms with Gasteiger partial charge in [0.05, 0.1) is 22.3 Å². The number of aromatic nitrogens is 2. The van der Waals surface area contributed by atoms with E-state index in [2.05, 4.69) is 20.6 Å². The molecule has 1 atom stereocenters. The van der Waals surface area contributed by atoms with Crippen LogP contribution in [0.1, 0.15) is 12.6 Å². The van der Waals surface area contributed by atoms with Crippen LogP contribution in [0.4, 0.5) is 30.6 Å². The van der Waals surface area contributed by atoms with Gasteiger partial charge in [-0.2, -0.15) is 18.2 Å². The van der Waals surface area contributed by atoms with E-state index in [0.29, 0.717) is 0 Å². The summed E-state index contributed by atoms with van der Waals surface area (Å²) in [7, 11) is 0. The summed E-state index contributed by atoms with van der Waals surface area (Å²) in [6.07, 6.45) is -4.66. The second kappa shape index (κ2) is 7.42. The fourth-order valence-electron chi connectivity index (χ4n) is 1.73. The molecule has 5 nitrogen and oxygen atoms in total. The maximum Gasteiger partial charge on any atom is 0.433 e. The van der Waals surface area contributed by atoms with Crippen LogP contribution in [0, 0.1) is 0 Å². The van der Waals surface area contributed by atoms with Crippen LogP contribution < -0.4 is 10.6 Å². The zero-order chi connectivity index (χ0) is 17.9. The van der Waals surface area contributed by atoms with E-state index in [0.717, 1.165) is 6.07 Å². The van der Waals surface area contributed by atoms with Gasteiger partial charge in [0.25, 0.3) is 0 Å². The number of anilines is 3. The normalized spacial score (nSPS) is 12.8. The number of aliphatic hydroxyl groups excluding tert-OH is 1. The molecular weight excluding hydrogens is 368 g/mol. The third-order valence-corrected chi connectivity index (χ3v) is 3.51. The second-order valence-corrected chi connectivity index (χ2v) is 5.72. The number of nitrogens with zero attached hydrogens (tertiary/aromatic N) is 2. The quantitative estimate of drug-likeness (QED) is 0.719. The first-order chi connectivity index (χ1) is 11.2. The Morgan fingerprint density at radius 2 is 1.83 bits per heavy atom. The van der Waals surface area contributed by atoms with E-state index >= 15 is 0 Å². The van der Waals surface area contributed by atoms with Gasteiger partial charge in [0.15, 0.2) is 5.69 Å². The molecule has 1 aromatic carbocycles. The average molecular weight is 381 g/mol. The van der Waals surface area contributed by atoms with Crippen LogP contribution in [0.15, 0.2) is 24.3 Å². The molecule has 0 amide bonds. The molecule has 0 spiro atoms. The molecule has 2 rings (SSSR count). The van der Waals surface area contributed by atoms with Crippen LogP contribution in [0.5, 0.6) is 0 Å². The van der Waals surface area contributed by atoms with Gasteiger partial charge in [0.2, 0.25) is 5.95 Å². The Kier molecular flexibility index (Phi) is 5.74. The predicted molar refractivity (Wildman–Crippen MR) is 86.9 cm³/mol. The largest absolute Gasteiger partial charge is 0.433 e. The number of benzene rings is 1. The van der Waals surface area contributed by atoms with Crippen LogP contribution in [0.25, 0.3) is 0 Å². The molecule has 0 aliphatic carbocycles. The standard InChI is InChI=1S/C14H13Cl2F3N4O/c1-7(6-24)20-13-21-10(14(17,18)19)5-11(23-13)22-12-8(15)3-2-4-9(12)16/h2-5,7,24H,6H2,1H3,(H2,20,21,22,23)/t7-/m1/s1. The highest BCUT2D eigenvalue weighted by Crippen LogP contribution is 2.34. The Bertz CT molecular complexity index is 707. The van der Waals surface area contributed by atoms with Crippen molar-refractivity contribution in [2.24, 2.45) is 0 Å². The van der Waals surface area contributed by atoms with Crippen molar-refractivity contribution in [3.63, 3.8) is 0 Å². The fraction of sp³-hybridized carbons (Fsp3) is 0.286. The molecular formula is C14H13Cl2F3N4O. The molecule has 3 N–H and O–H groups in total. The number of alkyl halides is 3. The highest BCUT2D eigenvalue weighted by atomic mass is 35.5. The molecule has 0 aliphatic heterocycles. The molecule has 0 aliphatic rings. The Morgan fingerprint density at radius 3 is 2.38 bits per heavy atom. The van der Waals surface area contributed by atoms with E-state index in [9.17, 15) is 13.2 Å². The first-order valence-corrected chi connectivity index (χ1v) is 7.51. The van der Waals surface area contributed by atoms with Crippen LogP contribution >= 0.6 is 23.2 Å². The molecule has 1 aromatic heterocycles.